The quantitative estimate of drug-likeness (QED) is 0.510. The van der Waals surface area contributed by atoms with E-state index in [1.54, 1.807) is 6.07 Å². The van der Waals surface area contributed by atoms with Crippen LogP contribution < -0.4 is 5.32 Å². The summed E-state index contributed by atoms with van der Waals surface area (Å²) in [7, 11) is 2.00. The van der Waals surface area contributed by atoms with Gasteiger partial charge in [-0.2, -0.15) is 0 Å². The molecule has 1 aliphatic carbocycles. The maximum absolute atomic E-state index is 11.2. The van der Waals surface area contributed by atoms with Gasteiger partial charge in [0.2, 0.25) is 0 Å². The fraction of sp³-hybridized carbons (Fsp3) is 0.600. The van der Waals surface area contributed by atoms with Crippen molar-refractivity contribution in [2.24, 2.45) is 5.92 Å². The van der Waals surface area contributed by atoms with Crippen molar-refractivity contribution in [2.45, 2.75) is 44.6 Å². The van der Waals surface area contributed by atoms with Crippen molar-refractivity contribution in [3.05, 3.63) is 38.3 Å². The molecule has 1 aromatic carbocycles. The van der Waals surface area contributed by atoms with Gasteiger partial charge in [-0.05, 0) is 38.3 Å². The molecule has 0 amide bonds. The van der Waals surface area contributed by atoms with E-state index < -0.39 is 0 Å². The van der Waals surface area contributed by atoms with Crippen LogP contribution in [0.5, 0.6) is 0 Å². The molecule has 1 aromatic rings. The van der Waals surface area contributed by atoms with E-state index in [4.69, 9.17) is 0 Å². The van der Waals surface area contributed by atoms with E-state index in [0.29, 0.717) is 12.0 Å². The number of nitro benzene ring substituents is 1. The third kappa shape index (κ3) is 3.79. The molecule has 2 unspecified atom stereocenters. The number of nitro groups is 1. The molecule has 1 N–H and O–H groups in total. The lowest BCUT2D eigenvalue weighted by Crippen LogP contribution is -2.34. The van der Waals surface area contributed by atoms with Gasteiger partial charge in [0.1, 0.15) is 0 Å². The summed E-state index contributed by atoms with van der Waals surface area (Å²) in [6.07, 6.45) is 6.87. The van der Waals surface area contributed by atoms with Gasteiger partial charge >= 0.3 is 0 Å². The zero-order valence-electron chi connectivity index (χ0n) is 11.8. The van der Waals surface area contributed by atoms with Crippen molar-refractivity contribution in [1.29, 1.82) is 0 Å². The molecule has 0 saturated heterocycles. The molecule has 20 heavy (non-hydrogen) atoms. The summed E-state index contributed by atoms with van der Waals surface area (Å²) in [4.78, 5) is 10.9. The highest BCUT2D eigenvalue weighted by atomic mass is 79.9. The van der Waals surface area contributed by atoms with Gasteiger partial charge in [0.15, 0.2) is 0 Å². The van der Waals surface area contributed by atoms with Crippen molar-refractivity contribution in [1.82, 2.24) is 5.32 Å². The molecule has 110 valence electrons. The lowest BCUT2D eigenvalue weighted by Gasteiger charge is -2.24. The van der Waals surface area contributed by atoms with Crippen LogP contribution in [0.25, 0.3) is 0 Å². The molecule has 0 heterocycles. The second-order valence-electron chi connectivity index (χ2n) is 5.53. The monoisotopic (exact) mass is 340 g/mol. The molecule has 1 saturated carbocycles. The highest BCUT2D eigenvalue weighted by Crippen LogP contribution is 2.31. The average molecular weight is 341 g/mol. The van der Waals surface area contributed by atoms with Crippen molar-refractivity contribution in [3.63, 3.8) is 0 Å². The molecule has 0 radical (unpaired) electrons. The molecule has 2 atom stereocenters. The third-order valence-corrected chi connectivity index (χ3v) is 4.75. The Bertz CT molecular complexity index is 479. The Morgan fingerprint density at radius 2 is 2.10 bits per heavy atom. The molecule has 4 nitrogen and oxygen atoms in total. The summed E-state index contributed by atoms with van der Waals surface area (Å²) in [5.74, 6) is 0.488. The standard InChI is InChI=1S/C15H21BrN2O2/c1-17-14-6-4-2-3-5-11(14)9-12-7-8-13(16)10-15(12)18(19)20/h7-8,10-11,14,17H,2-6,9H2,1H3. The Balaban J connectivity index is 2.21. The zero-order chi connectivity index (χ0) is 14.5. The molecule has 0 spiro atoms. The largest absolute Gasteiger partial charge is 0.317 e. The van der Waals surface area contributed by atoms with Crippen LogP contribution >= 0.6 is 15.9 Å². The SMILES string of the molecule is CNC1CCCCCC1Cc1ccc(Br)cc1[N+](=O)[O-]. The van der Waals surface area contributed by atoms with E-state index in [9.17, 15) is 10.1 Å². The fourth-order valence-electron chi connectivity index (χ4n) is 3.17. The number of nitrogens with one attached hydrogen (secondary N) is 1. The topological polar surface area (TPSA) is 55.2 Å². The van der Waals surface area contributed by atoms with Crippen LogP contribution in [0.4, 0.5) is 5.69 Å². The van der Waals surface area contributed by atoms with Crippen LogP contribution in [0.2, 0.25) is 0 Å². The number of hydrogen-bond acceptors (Lipinski definition) is 3. The predicted molar refractivity (Wildman–Crippen MR) is 83.9 cm³/mol. The van der Waals surface area contributed by atoms with Gasteiger partial charge in [-0.25, -0.2) is 0 Å². The predicted octanol–water partition coefficient (Wildman–Crippen LogP) is 4.07. The summed E-state index contributed by atoms with van der Waals surface area (Å²) in [6.45, 7) is 0. The maximum Gasteiger partial charge on any atom is 0.273 e. The van der Waals surface area contributed by atoms with Crippen molar-refractivity contribution < 1.29 is 4.92 Å². The highest BCUT2D eigenvalue weighted by molar-refractivity contribution is 9.10. The van der Waals surface area contributed by atoms with Crippen LogP contribution in [0.1, 0.15) is 37.7 Å². The third-order valence-electron chi connectivity index (χ3n) is 4.26. The average Bonchev–Trinajstić information content (AvgIpc) is 2.65. The molecule has 5 heteroatoms. The number of hydrogen-bond donors (Lipinski definition) is 1. The Kier molecular flexibility index (Phi) is 5.54. The summed E-state index contributed by atoms with van der Waals surface area (Å²) < 4.78 is 0.763. The molecule has 1 aliphatic rings. The first kappa shape index (κ1) is 15.4. The Morgan fingerprint density at radius 3 is 2.80 bits per heavy atom. The van der Waals surface area contributed by atoms with Gasteiger partial charge in [0, 0.05) is 22.1 Å². The van der Waals surface area contributed by atoms with Gasteiger partial charge in [-0.1, -0.05) is 41.3 Å². The minimum atomic E-state index is -0.273. The summed E-state index contributed by atoms with van der Waals surface area (Å²) in [6, 6.07) is 5.87. The number of benzene rings is 1. The lowest BCUT2D eigenvalue weighted by molar-refractivity contribution is -0.385. The molecular formula is C15H21BrN2O2. The Labute approximate surface area is 128 Å². The summed E-state index contributed by atoms with van der Waals surface area (Å²) >= 11 is 3.31. The number of nitrogens with zero attached hydrogens (tertiary/aromatic N) is 1. The molecule has 0 aromatic heterocycles. The Hall–Kier alpha value is -0.940. The second-order valence-corrected chi connectivity index (χ2v) is 6.44. The van der Waals surface area contributed by atoms with E-state index >= 15 is 0 Å². The van der Waals surface area contributed by atoms with Gasteiger partial charge in [0.25, 0.3) is 5.69 Å². The minimum absolute atomic E-state index is 0.235. The Morgan fingerprint density at radius 1 is 1.35 bits per heavy atom. The summed E-state index contributed by atoms with van der Waals surface area (Å²) in [5, 5.41) is 14.6. The maximum atomic E-state index is 11.2. The van der Waals surface area contributed by atoms with Crippen LogP contribution in [0, 0.1) is 16.0 Å². The van der Waals surface area contributed by atoms with Crippen LogP contribution in [0.3, 0.4) is 0 Å². The highest BCUT2D eigenvalue weighted by Gasteiger charge is 2.25. The van der Waals surface area contributed by atoms with Gasteiger partial charge < -0.3 is 5.32 Å². The van der Waals surface area contributed by atoms with Gasteiger partial charge in [0.05, 0.1) is 4.92 Å². The zero-order valence-corrected chi connectivity index (χ0v) is 13.4. The first-order valence-electron chi connectivity index (χ1n) is 7.22. The second kappa shape index (κ2) is 7.18. The van der Waals surface area contributed by atoms with Gasteiger partial charge in [-0.3, -0.25) is 10.1 Å². The smallest absolute Gasteiger partial charge is 0.273 e. The number of rotatable bonds is 4. The first-order valence-corrected chi connectivity index (χ1v) is 8.01. The van der Waals surface area contributed by atoms with E-state index in [-0.39, 0.29) is 10.6 Å². The van der Waals surface area contributed by atoms with Crippen molar-refractivity contribution in [2.75, 3.05) is 7.05 Å². The van der Waals surface area contributed by atoms with E-state index in [0.717, 1.165) is 22.9 Å². The van der Waals surface area contributed by atoms with E-state index in [1.807, 2.05) is 19.2 Å². The lowest BCUT2D eigenvalue weighted by atomic mass is 9.88. The molecule has 1 fully saturated rings. The summed E-state index contributed by atoms with van der Waals surface area (Å²) in [5.41, 5.74) is 1.09. The van der Waals surface area contributed by atoms with Crippen molar-refractivity contribution >= 4 is 21.6 Å². The molecular weight excluding hydrogens is 320 g/mol. The number of halogens is 1. The van der Waals surface area contributed by atoms with E-state index in [2.05, 4.69) is 21.2 Å². The van der Waals surface area contributed by atoms with Crippen molar-refractivity contribution in [3.8, 4) is 0 Å². The van der Waals surface area contributed by atoms with Crippen LogP contribution in [0.15, 0.2) is 22.7 Å². The normalized spacial score (nSPS) is 23.3. The first-order chi connectivity index (χ1) is 9.61. The van der Waals surface area contributed by atoms with Gasteiger partial charge in [-0.15, -0.1) is 0 Å². The molecule has 2 rings (SSSR count). The molecule has 0 bridgehead atoms. The van der Waals surface area contributed by atoms with E-state index in [1.165, 1.54) is 25.7 Å². The molecule has 0 aliphatic heterocycles. The fourth-order valence-corrected chi connectivity index (χ4v) is 3.52. The minimum Gasteiger partial charge on any atom is -0.317 e. The van der Waals surface area contributed by atoms with Crippen LogP contribution in [-0.2, 0) is 6.42 Å². The van der Waals surface area contributed by atoms with Crippen LogP contribution in [-0.4, -0.2) is 18.0 Å².